The molecule has 0 bridgehead atoms. The Kier molecular flexibility index (Phi) is 8.31. The molecule has 2 fully saturated rings. The van der Waals surface area contributed by atoms with Gasteiger partial charge in [0.2, 0.25) is 5.91 Å². The molecule has 1 saturated carbocycles. The maximum atomic E-state index is 11.8. The summed E-state index contributed by atoms with van der Waals surface area (Å²) in [6.45, 7) is 7.37. The van der Waals surface area contributed by atoms with E-state index in [9.17, 15) is 4.79 Å². The van der Waals surface area contributed by atoms with Gasteiger partial charge in [-0.15, -0.1) is 0 Å². The summed E-state index contributed by atoms with van der Waals surface area (Å²) >= 11 is 12.5. The number of amides is 1. The summed E-state index contributed by atoms with van der Waals surface area (Å²) in [5.41, 5.74) is 1.05. The number of halogens is 2. The minimum Gasteiger partial charge on any atom is -0.368 e. The van der Waals surface area contributed by atoms with Gasteiger partial charge in [-0.05, 0) is 63.1 Å². The van der Waals surface area contributed by atoms with Crippen molar-refractivity contribution in [2.75, 3.05) is 37.6 Å². The zero-order valence-electron chi connectivity index (χ0n) is 16.9. The van der Waals surface area contributed by atoms with Crippen molar-refractivity contribution in [2.45, 2.75) is 57.9 Å². The van der Waals surface area contributed by atoms with Gasteiger partial charge in [0.25, 0.3) is 0 Å². The van der Waals surface area contributed by atoms with Gasteiger partial charge in [0, 0.05) is 38.6 Å². The van der Waals surface area contributed by atoms with Crippen LogP contribution in [0.3, 0.4) is 0 Å². The lowest BCUT2D eigenvalue weighted by molar-refractivity contribution is -0.122. The van der Waals surface area contributed by atoms with Gasteiger partial charge in [-0.3, -0.25) is 9.69 Å². The van der Waals surface area contributed by atoms with Crippen LogP contribution in [0.15, 0.2) is 18.2 Å². The molecule has 0 unspecified atom stereocenters. The summed E-state index contributed by atoms with van der Waals surface area (Å²) in [5.74, 6) is 1.03. The fourth-order valence-electron chi connectivity index (χ4n) is 4.44. The van der Waals surface area contributed by atoms with Crippen molar-refractivity contribution in [1.29, 1.82) is 0 Å². The lowest BCUT2D eigenvalue weighted by Crippen LogP contribution is -2.47. The van der Waals surface area contributed by atoms with Gasteiger partial charge >= 0.3 is 0 Å². The van der Waals surface area contributed by atoms with Crippen LogP contribution in [0.2, 0.25) is 10.0 Å². The van der Waals surface area contributed by atoms with Gasteiger partial charge in [-0.25, -0.2) is 0 Å². The van der Waals surface area contributed by atoms with E-state index in [0.29, 0.717) is 22.5 Å². The zero-order valence-corrected chi connectivity index (χ0v) is 18.4. The third kappa shape index (κ3) is 6.01. The van der Waals surface area contributed by atoms with Crippen LogP contribution in [0.25, 0.3) is 0 Å². The Morgan fingerprint density at radius 1 is 1.11 bits per heavy atom. The van der Waals surface area contributed by atoms with E-state index >= 15 is 0 Å². The Bertz CT molecular complexity index is 639. The fourth-order valence-corrected chi connectivity index (χ4v) is 4.85. The maximum Gasteiger partial charge on any atom is 0.220 e. The summed E-state index contributed by atoms with van der Waals surface area (Å²) in [5, 5.41) is 4.49. The molecule has 0 aromatic heterocycles. The highest BCUT2D eigenvalue weighted by Crippen LogP contribution is 2.33. The Morgan fingerprint density at radius 2 is 1.82 bits per heavy atom. The van der Waals surface area contributed by atoms with Crippen molar-refractivity contribution < 1.29 is 4.79 Å². The van der Waals surface area contributed by atoms with E-state index in [4.69, 9.17) is 23.2 Å². The molecule has 1 aliphatic heterocycles. The normalized spacial score (nSPS) is 23.6. The van der Waals surface area contributed by atoms with E-state index in [-0.39, 0.29) is 5.91 Å². The number of carbonyl (C=O) groups excluding carboxylic acids is 1. The number of nitrogens with zero attached hydrogens (tertiary/aromatic N) is 2. The SMILES string of the molecule is CCCC(=O)N[C@H]1CC[C@H](CCN2CCN(c3cccc(Cl)c3Cl)CC2)CC1. The molecule has 1 amide bonds. The van der Waals surface area contributed by atoms with Crippen LogP contribution in [0.1, 0.15) is 51.9 Å². The Morgan fingerprint density at radius 3 is 2.50 bits per heavy atom. The van der Waals surface area contributed by atoms with E-state index in [2.05, 4.69) is 28.1 Å². The molecule has 156 valence electrons. The van der Waals surface area contributed by atoms with Crippen molar-refractivity contribution in [3.8, 4) is 0 Å². The number of hydrogen-bond donors (Lipinski definition) is 1. The van der Waals surface area contributed by atoms with Crippen LogP contribution in [0.5, 0.6) is 0 Å². The van der Waals surface area contributed by atoms with Crippen LogP contribution >= 0.6 is 23.2 Å². The molecule has 1 heterocycles. The number of rotatable bonds is 7. The molecule has 3 rings (SSSR count). The van der Waals surface area contributed by atoms with E-state index in [0.717, 1.165) is 57.0 Å². The molecule has 1 aromatic carbocycles. The average Bonchev–Trinajstić information content (AvgIpc) is 2.70. The van der Waals surface area contributed by atoms with Gasteiger partial charge < -0.3 is 10.2 Å². The van der Waals surface area contributed by atoms with Gasteiger partial charge in [0.1, 0.15) is 0 Å². The Balaban J connectivity index is 1.35. The molecular formula is C22H33Cl2N3O. The standard InChI is InChI=1S/C22H33Cl2N3O/c1-2-4-21(28)25-18-9-7-17(8-10-18)11-12-26-13-15-27(16-14-26)20-6-3-5-19(23)22(20)24/h3,5-6,17-18H,2,4,7-16H2,1H3,(H,25,28)/t17-,18-. The largest absolute Gasteiger partial charge is 0.368 e. The maximum absolute atomic E-state index is 11.8. The minimum atomic E-state index is 0.226. The molecule has 0 atom stereocenters. The molecular weight excluding hydrogens is 393 g/mol. The first-order valence-corrected chi connectivity index (χ1v) is 11.5. The predicted molar refractivity (Wildman–Crippen MR) is 119 cm³/mol. The number of anilines is 1. The van der Waals surface area contributed by atoms with Crippen LogP contribution in [0.4, 0.5) is 5.69 Å². The highest BCUT2D eigenvalue weighted by atomic mass is 35.5. The molecule has 1 N–H and O–H groups in total. The zero-order chi connectivity index (χ0) is 19.9. The number of carbonyl (C=O) groups is 1. The lowest BCUT2D eigenvalue weighted by Gasteiger charge is -2.37. The molecule has 1 aromatic rings. The van der Waals surface area contributed by atoms with Crippen LogP contribution < -0.4 is 10.2 Å². The summed E-state index contributed by atoms with van der Waals surface area (Å²) in [6.07, 6.45) is 7.63. The van der Waals surface area contributed by atoms with Crippen molar-refractivity contribution >= 4 is 34.8 Å². The molecule has 0 radical (unpaired) electrons. The summed E-state index contributed by atoms with van der Waals surface area (Å²) in [7, 11) is 0. The first kappa shape index (κ1) is 21.7. The monoisotopic (exact) mass is 425 g/mol. The topological polar surface area (TPSA) is 35.6 Å². The smallest absolute Gasteiger partial charge is 0.220 e. The summed E-state index contributed by atoms with van der Waals surface area (Å²) in [4.78, 5) is 16.7. The third-order valence-electron chi connectivity index (χ3n) is 6.19. The van der Waals surface area contributed by atoms with Gasteiger partial charge in [0.15, 0.2) is 0 Å². The van der Waals surface area contributed by atoms with Crippen LogP contribution in [-0.4, -0.2) is 49.6 Å². The molecule has 0 spiro atoms. The van der Waals surface area contributed by atoms with Gasteiger partial charge in [-0.2, -0.15) is 0 Å². The molecule has 2 aliphatic rings. The number of hydrogen-bond acceptors (Lipinski definition) is 3. The van der Waals surface area contributed by atoms with E-state index < -0.39 is 0 Å². The predicted octanol–water partition coefficient (Wildman–Crippen LogP) is 4.98. The van der Waals surface area contributed by atoms with Crippen LogP contribution in [-0.2, 0) is 4.79 Å². The van der Waals surface area contributed by atoms with E-state index in [1.165, 1.54) is 25.8 Å². The van der Waals surface area contributed by atoms with Crippen molar-refractivity contribution in [3.63, 3.8) is 0 Å². The highest BCUT2D eigenvalue weighted by molar-refractivity contribution is 6.43. The lowest BCUT2D eigenvalue weighted by atomic mass is 9.84. The Labute approximate surface area is 179 Å². The molecule has 6 heteroatoms. The number of benzene rings is 1. The van der Waals surface area contributed by atoms with Crippen molar-refractivity contribution in [1.82, 2.24) is 10.2 Å². The van der Waals surface area contributed by atoms with Crippen LogP contribution in [0, 0.1) is 5.92 Å². The molecule has 28 heavy (non-hydrogen) atoms. The Hall–Kier alpha value is -0.970. The minimum absolute atomic E-state index is 0.226. The van der Waals surface area contributed by atoms with E-state index in [1.807, 2.05) is 12.1 Å². The first-order valence-electron chi connectivity index (χ1n) is 10.8. The first-order chi connectivity index (χ1) is 13.6. The second-order valence-electron chi connectivity index (χ2n) is 8.23. The summed E-state index contributed by atoms with van der Waals surface area (Å²) < 4.78 is 0. The second kappa shape index (κ2) is 10.7. The molecule has 4 nitrogen and oxygen atoms in total. The van der Waals surface area contributed by atoms with Crippen molar-refractivity contribution in [2.24, 2.45) is 5.92 Å². The molecule has 1 saturated heterocycles. The second-order valence-corrected chi connectivity index (χ2v) is 9.01. The van der Waals surface area contributed by atoms with E-state index in [1.54, 1.807) is 0 Å². The molecule has 1 aliphatic carbocycles. The van der Waals surface area contributed by atoms with Gasteiger partial charge in [-0.1, -0.05) is 36.2 Å². The van der Waals surface area contributed by atoms with Crippen molar-refractivity contribution in [3.05, 3.63) is 28.2 Å². The highest BCUT2D eigenvalue weighted by Gasteiger charge is 2.24. The van der Waals surface area contributed by atoms with Gasteiger partial charge in [0.05, 0.1) is 15.7 Å². The third-order valence-corrected chi connectivity index (χ3v) is 7.00. The number of nitrogens with one attached hydrogen (secondary N) is 1. The fraction of sp³-hybridized carbons (Fsp3) is 0.682. The average molecular weight is 426 g/mol. The summed E-state index contributed by atoms with van der Waals surface area (Å²) in [6, 6.07) is 6.27. The number of piperazine rings is 1. The quantitative estimate of drug-likeness (QED) is 0.668.